The highest BCUT2D eigenvalue weighted by molar-refractivity contribution is 5.90. The van der Waals surface area contributed by atoms with Gasteiger partial charge in [0.15, 0.2) is 0 Å². The molecule has 6 nitrogen and oxygen atoms in total. The van der Waals surface area contributed by atoms with Gasteiger partial charge in [-0.1, -0.05) is 13.0 Å². The summed E-state index contributed by atoms with van der Waals surface area (Å²) >= 11 is 0. The molecular weight excluding hydrogens is 254 g/mol. The Bertz CT molecular complexity index is 593. The van der Waals surface area contributed by atoms with Crippen LogP contribution in [0, 0.1) is 6.92 Å². The number of carbonyl (C=O) groups is 1. The van der Waals surface area contributed by atoms with Crippen molar-refractivity contribution in [1.82, 2.24) is 25.1 Å². The Kier molecular flexibility index (Phi) is 4.45. The van der Waals surface area contributed by atoms with E-state index in [1.165, 1.54) is 0 Å². The van der Waals surface area contributed by atoms with Gasteiger partial charge in [-0.15, -0.1) is 5.10 Å². The van der Waals surface area contributed by atoms with Crippen LogP contribution in [-0.4, -0.2) is 37.5 Å². The van der Waals surface area contributed by atoms with Crippen LogP contribution >= 0.6 is 0 Å². The van der Waals surface area contributed by atoms with E-state index in [1.54, 1.807) is 4.90 Å². The summed E-state index contributed by atoms with van der Waals surface area (Å²) in [6, 6.07) is 5.79. The Labute approximate surface area is 118 Å². The van der Waals surface area contributed by atoms with Crippen LogP contribution in [0.5, 0.6) is 0 Å². The molecule has 0 aliphatic heterocycles. The molecule has 2 heterocycles. The van der Waals surface area contributed by atoms with Crippen LogP contribution in [0.2, 0.25) is 0 Å². The molecule has 2 aromatic heterocycles. The Morgan fingerprint density at radius 2 is 2.10 bits per heavy atom. The first kappa shape index (κ1) is 14.2. The van der Waals surface area contributed by atoms with Gasteiger partial charge in [-0.2, -0.15) is 0 Å². The first-order valence-corrected chi connectivity index (χ1v) is 6.77. The SMILES string of the molecule is CCc1nc(C(=O)N(CC)Cc2cccc(C)n2)n[nH]1. The molecule has 0 spiro atoms. The molecule has 0 aliphatic carbocycles. The summed E-state index contributed by atoms with van der Waals surface area (Å²) < 4.78 is 0. The van der Waals surface area contributed by atoms with Crippen LogP contribution in [0.4, 0.5) is 0 Å². The largest absolute Gasteiger partial charge is 0.330 e. The third kappa shape index (κ3) is 3.20. The third-order valence-corrected chi connectivity index (χ3v) is 3.03. The van der Waals surface area contributed by atoms with Crippen LogP contribution in [0.25, 0.3) is 0 Å². The van der Waals surface area contributed by atoms with Crippen molar-refractivity contribution in [3.63, 3.8) is 0 Å². The number of pyridine rings is 1. The normalized spacial score (nSPS) is 10.6. The van der Waals surface area contributed by atoms with Crippen LogP contribution in [-0.2, 0) is 13.0 Å². The van der Waals surface area contributed by atoms with E-state index in [4.69, 9.17) is 0 Å². The van der Waals surface area contributed by atoms with Gasteiger partial charge in [-0.25, -0.2) is 4.98 Å². The molecular formula is C14H19N5O. The summed E-state index contributed by atoms with van der Waals surface area (Å²) in [6.07, 6.45) is 0.728. The summed E-state index contributed by atoms with van der Waals surface area (Å²) in [7, 11) is 0. The summed E-state index contributed by atoms with van der Waals surface area (Å²) in [5, 5.41) is 6.73. The van der Waals surface area contributed by atoms with Gasteiger partial charge in [0.25, 0.3) is 5.91 Å². The maximum Gasteiger partial charge on any atom is 0.293 e. The molecule has 2 rings (SSSR count). The van der Waals surface area contributed by atoms with Crippen molar-refractivity contribution in [2.75, 3.05) is 6.54 Å². The summed E-state index contributed by atoms with van der Waals surface area (Å²) in [4.78, 5) is 22.6. The zero-order valence-electron chi connectivity index (χ0n) is 12.1. The zero-order chi connectivity index (χ0) is 14.5. The smallest absolute Gasteiger partial charge is 0.293 e. The van der Waals surface area contributed by atoms with Crippen LogP contribution in [0.1, 0.15) is 41.7 Å². The van der Waals surface area contributed by atoms with Crippen LogP contribution in [0.3, 0.4) is 0 Å². The fourth-order valence-corrected chi connectivity index (χ4v) is 1.90. The van der Waals surface area contributed by atoms with Crippen molar-refractivity contribution in [2.24, 2.45) is 0 Å². The first-order chi connectivity index (χ1) is 9.63. The summed E-state index contributed by atoms with van der Waals surface area (Å²) in [5.41, 5.74) is 1.81. The van der Waals surface area contributed by atoms with Gasteiger partial charge in [0.05, 0.1) is 12.2 Å². The van der Waals surface area contributed by atoms with E-state index in [-0.39, 0.29) is 11.7 Å². The number of rotatable bonds is 5. The van der Waals surface area contributed by atoms with E-state index in [9.17, 15) is 4.79 Å². The van der Waals surface area contributed by atoms with Crippen LogP contribution in [0.15, 0.2) is 18.2 Å². The quantitative estimate of drug-likeness (QED) is 0.900. The molecule has 1 amide bonds. The minimum absolute atomic E-state index is 0.174. The number of H-pyrrole nitrogens is 1. The van der Waals surface area contributed by atoms with Gasteiger partial charge in [-0.3, -0.25) is 14.9 Å². The standard InChI is InChI=1S/C14H19N5O/c1-4-12-16-13(18-17-12)14(20)19(5-2)9-11-8-6-7-10(3)15-11/h6-8H,4-5,9H2,1-3H3,(H,16,17,18). The maximum absolute atomic E-state index is 12.3. The lowest BCUT2D eigenvalue weighted by molar-refractivity contribution is 0.0738. The van der Waals surface area contributed by atoms with E-state index in [0.717, 1.165) is 23.6 Å². The van der Waals surface area contributed by atoms with Gasteiger partial charge in [-0.05, 0) is 26.0 Å². The molecule has 0 saturated heterocycles. The number of hydrogen-bond donors (Lipinski definition) is 1. The number of hydrogen-bond acceptors (Lipinski definition) is 4. The van der Waals surface area contributed by atoms with E-state index in [1.807, 2.05) is 39.0 Å². The second-order valence-corrected chi connectivity index (χ2v) is 4.55. The average Bonchev–Trinajstić information content (AvgIpc) is 2.93. The van der Waals surface area contributed by atoms with Gasteiger partial charge >= 0.3 is 0 Å². The van der Waals surface area contributed by atoms with Gasteiger partial charge < -0.3 is 4.90 Å². The molecule has 0 aliphatic rings. The second kappa shape index (κ2) is 6.27. The fraction of sp³-hybridized carbons (Fsp3) is 0.429. The number of amides is 1. The van der Waals surface area contributed by atoms with E-state index < -0.39 is 0 Å². The summed E-state index contributed by atoms with van der Waals surface area (Å²) in [5.74, 6) is 0.765. The molecule has 20 heavy (non-hydrogen) atoms. The van der Waals surface area contributed by atoms with Gasteiger partial charge in [0.1, 0.15) is 5.82 Å². The third-order valence-electron chi connectivity index (χ3n) is 3.03. The number of carbonyl (C=O) groups excluding carboxylic acids is 1. The van der Waals surface area contributed by atoms with E-state index in [2.05, 4.69) is 20.2 Å². The van der Waals surface area contributed by atoms with Crippen LogP contribution < -0.4 is 0 Å². The van der Waals surface area contributed by atoms with Gasteiger partial charge in [0, 0.05) is 18.7 Å². The monoisotopic (exact) mass is 273 g/mol. The average molecular weight is 273 g/mol. The Balaban J connectivity index is 2.13. The number of nitrogens with zero attached hydrogens (tertiary/aromatic N) is 4. The fourth-order valence-electron chi connectivity index (χ4n) is 1.90. The highest BCUT2D eigenvalue weighted by Gasteiger charge is 2.19. The van der Waals surface area contributed by atoms with Crippen molar-refractivity contribution in [1.29, 1.82) is 0 Å². The minimum atomic E-state index is -0.174. The number of nitrogens with one attached hydrogen (secondary N) is 1. The molecule has 0 radical (unpaired) electrons. The molecule has 0 fully saturated rings. The van der Waals surface area contributed by atoms with E-state index in [0.29, 0.717) is 13.1 Å². The van der Waals surface area contributed by atoms with Crippen molar-refractivity contribution in [3.05, 3.63) is 41.2 Å². The lowest BCUT2D eigenvalue weighted by Crippen LogP contribution is -2.31. The number of aryl methyl sites for hydroxylation is 2. The molecule has 0 atom stereocenters. The Morgan fingerprint density at radius 1 is 1.30 bits per heavy atom. The second-order valence-electron chi connectivity index (χ2n) is 4.55. The van der Waals surface area contributed by atoms with E-state index >= 15 is 0 Å². The molecule has 2 aromatic rings. The maximum atomic E-state index is 12.3. The minimum Gasteiger partial charge on any atom is -0.330 e. The topological polar surface area (TPSA) is 74.8 Å². The molecule has 0 bridgehead atoms. The molecule has 0 unspecified atom stereocenters. The molecule has 0 aromatic carbocycles. The number of aromatic nitrogens is 4. The predicted octanol–water partition coefficient (Wildman–Crippen LogP) is 1.73. The molecule has 6 heteroatoms. The lowest BCUT2D eigenvalue weighted by Gasteiger charge is -2.18. The first-order valence-electron chi connectivity index (χ1n) is 6.77. The van der Waals surface area contributed by atoms with Gasteiger partial charge in [0.2, 0.25) is 5.82 Å². The highest BCUT2D eigenvalue weighted by Crippen LogP contribution is 2.07. The summed E-state index contributed by atoms with van der Waals surface area (Å²) in [6.45, 7) is 6.88. The zero-order valence-corrected chi connectivity index (χ0v) is 12.1. The molecule has 106 valence electrons. The Hall–Kier alpha value is -2.24. The highest BCUT2D eigenvalue weighted by atomic mass is 16.2. The van der Waals surface area contributed by atoms with Crippen molar-refractivity contribution >= 4 is 5.91 Å². The molecule has 0 saturated carbocycles. The molecule has 1 N–H and O–H groups in total. The van der Waals surface area contributed by atoms with Crippen molar-refractivity contribution in [3.8, 4) is 0 Å². The van der Waals surface area contributed by atoms with Crippen molar-refractivity contribution < 1.29 is 4.79 Å². The predicted molar refractivity (Wildman–Crippen MR) is 75.1 cm³/mol. The van der Waals surface area contributed by atoms with Crippen molar-refractivity contribution in [2.45, 2.75) is 33.7 Å². The number of aromatic amines is 1. The lowest BCUT2D eigenvalue weighted by atomic mass is 10.3. The Morgan fingerprint density at radius 3 is 2.70 bits per heavy atom.